The highest BCUT2D eigenvalue weighted by atomic mass is 16.6. The number of nitro benzene ring substituents is 1. The van der Waals surface area contributed by atoms with Gasteiger partial charge in [0.2, 0.25) is 0 Å². The number of non-ortho nitro benzene ring substituents is 1. The number of rotatable bonds is 7. The van der Waals surface area contributed by atoms with E-state index in [2.05, 4.69) is 10.9 Å². The van der Waals surface area contributed by atoms with Gasteiger partial charge in [0.1, 0.15) is 0 Å². The molecule has 4 rings (SSSR count). The summed E-state index contributed by atoms with van der Waals surface area (Å²) in [6.45, 7) is 1.97. The molecule has 0 amide bonds. The standard InChI is InChI=1S/C29H23N3O2/c1-22(30-20-23-11-10-16-26(19-23)32(33)34)27-17-8-9-18-29(27)31-21-28(24-12-4-2-5-13-24)25-14-6-3-7-15-25/h2-20,22H,1H3/t22-/m0/s1. The lowest BCUT2D eigenvalue weighted by Gasteiger charge is -2.09. The zero-order valence-electron chi connectivity index (χ0n) is 18.7. The van der Waals surface area contributed by atoms with E-state index in [1.165, 1.54) is 12.1 Å². The van der Waals surface area contributed by atoms with Crippen LogP contribution in [0.15, 0.2) is 119 Å². The maximum Gasteiger partial charge on any atom is 0.270 e. The fourth-order valence-corrected chi connectivity index (χ4v) is 3.56. The van der Waals surface area contributed by atoms with Crippen LogP contribution in [0.3, 0.4) is 0 Å². The molecule has 0 unspecified atom stereocenters. The molecule has 4 aromatic rings. The Kier molecular flexibility index (Phi) is 7.19. The number of aliphatic imine (C=N–C) groups is 2. The third kappa shape index (κ3) is 5.60. The molecule has 0 saturated carbocycles. The second-order valence-electron chi connectivity index (χ2n) is 7.70. The Morgan fingerprint density at radius 2 is 1.47 bits per heavy atom. The monoisotopic (exact) mass is 445 g/mol. The summed E-state index contributed by atoms with van der Waals surface area (Å²) in [6, 6.07) is 34.2. The SMILES string of the molecule is C[C@H](N=Cc1cccc([N+](=O)[O-])c1)c1ccccc1N=C=C(c1ccccc1)c1ccccc1. The largest absolute Gasteiger partial charge is 0.285 e. The molecule has 0 bridgehead atoms. The molecule has 0 aliphatic heterocycles. The van der Waals surface area contributed by atoms with Crippen LogP contribution in [0.2, 0.25) is 0 Å². The number of hydrogen-bond donors (Lipinski definition) is 0. The average Bonchev–Trinajstić information content (AvgIpc) is 2.89. The third-order valence-corrected chi connectivity index (χ3v) is 5.33. The Balaban J connectivity index is 1.69. The van der Waals surface area contributed by atoms with Crippen LogP contribution in [0.1, 0.15) is 35.2 Å². The predicted molar refractivity (Wildman–Crippen MR) is 138 cm³/mol. The van der Waals surface area contributed by atoms with E-state index in [-0.39, 0.29) is 11.7 Å². The minimum absolute atomic E-state index is 0.0427. The quantitative estimate of drug-likeness (QED) is 0.171. The zero-order chi connectivity index (χ0) is 23.8. The molecule has 4 aromatic carbocycles. The average molecular weight is 446 g/mol. The molecule has 1 atom stereocenters. The van der Waals surface area contributed by atoms with Crippen molar-refractivity contribution in [2.75, 3.05) is 0 Å². The number of hydrogen-bond acceptors (Lipinski definition) is 4. The lowest BCUT2D eigenvalue weighted by Crippen LogP contribution is -1.93. The van der Waals surface area contributed by atoms with Gasteiger partial charge >= 0.3 is 0 Å². The topological polar surface area (TPSA) is 67.9 Å². The van der Waals surface area contributed by atoms with E-state index in [4.69, 9.17) is 4.99 Å². The molecule has 5 nitrogen and oxygen atoms in total. The molecule has 5 heteroatoms. The molecule has 0 aromatic heterocycles. The van der Waals surface area contributed by atoms with Crippen molar-refractivity contribution in [2.24, 2.45) is 9.98 Å². The van der Waals surface area contributed by atoms with Gasteiger partial charge < -0.3 is 0 Å². The maximum absolute atomic E-state index is 11.0. The first-order valence-electron chi connectivity index (χ1n) is 10.9. The molecular formula is C29H23N3O2. The van der Waals surface area contributed by atoms with Gasteiger partial charge in [0.25, 0.3) is 5.69 Å². The summed E-state index contributed by atoms with van der Waals surface area (Å²) in [4.78, 5) is 20.0. The van der Waals surface area contributed by atoms with Crippen molar-refractivity contribution in [2.45, 2.75) is 13.0 Å². The summed E-state index contributed by atoms with van der Waals surface area (Å²) in [5, 5.41) is 11.0. The molecule has 0 aliphatic carbocycles. The fourth-order valence-electron chi connectivity index (χ4n) is 3.56. The molecule has 0 saturated heterocycles. The number of benzene rings is 4. The van der Waals surface area contributed by atoms with Crippen LogP contribution >= 0.6 is 0 Å². The first-order valence-corrected chi connectivity index (χ1v) is 10.9. The van der Waals surface area contributed by atoms with Crippen LogP contribution in [0, 0.1) is 10.1 Å². The Morgan fingerprint density at radius 1 is 0.853 bits per heavy atom. The Labute approximate surface area is 198 Å². The van der Waals surface area contributed by atoms with E-state index in [0.717, 1.165) is 28.0 Å². The zero-order valence-corrected chi connectivity index (χ0v) is 18.7. The van der Waals surface area contributed by atoms with Crippen molar-refractivity contribution in [1.29, 1.82) is 0 Å². The fraction of sp³-hybridized carbons (Fsp3) is 0.0690. The number of nitro groups is 1. The van der Waals surface area contributed by atoms with Crippen molar-refractivity contribution in [3.8, 4) is 0 Å². The van der Waals surface area contributed by atoms with Crippen molar-refractivity contribution < 1.29 is 4.92 Å². The van der Waals surface area contributed by atoms with Crippen LogP contribution in [0.5, 0.6) is 0 Å². The molecule has 0 N–H and O–H groups in total. The Morgan fingerprint density at radius 3 is 2.12 bits per heavy atom. The van der Waals surface area contributed by atoms with Crippen LogP contribution in [0.4, 0.5) is 11.4 Å². The summed E-state index contributed by atoms with van der Waals surface area (Å²) in [5.41, 5.74) is 5.41. The van der Waals surface area contributed by atoms with Gasteiger partial charge in [-0.2, -0.15) is 0 Å². The van der Waals surface area contributed by atoms with E-state index in [0.29, 0.717) is 5.56 Å². The molecule has 0 fully saturated rings. The molecule has 166 valence electrons. The Hall–Kier alpha value is -4.60. The summed E-state index contributed by atoms with van der Waals surface area (Å²) in [5.74, 6) is 3.27. The molecular weight excluding hydrogens is 422 g/mol. The first kappa shape index (κ1) is 22.6. The highest BCUT2D eigenvalue weighted by Gasteiger charge is 2.10. The molecule has 0 radical (unpaired) electrons. The van der Waals surface area contributed by atoms with Gasteiger partial charge in [0.15, 0.2) is 0 Å². The van der Waals surface area contributed by atoms with Crippen LogP contribution in [-0.2, 0) is 0 Å². The summed E-state index contributed by atoms with van der Waals surface area (Å²) < 4.78 is 0. The van der Waals surface area contributed by atoms with E-state index in [1.807, 2.05) is 91.9 Å². The van der Waals surface area contributed by atoms with Crippen LogP contribution in [-0.4, -0.2) is 17.0 Å². The lowest BCUT2D eigenvalue weighted by atomic mass is 9.99. The number of para-hydroxylation sites is 1. The smallest absolute Gasteiger partial charge is 0.270 e. The van der Waals surface area contributed by atoms with E-state index >= 15 is 0 Å². The second-order valence-corrected chi connectivity index (χ2v) is 7.70. The normalized spacial score (nSPS) is 11.6. The minimum atomic E-state index is -0.409. The maximum atomic E-state index is 11.0. The highest BCUT2D eigenvalue weighted by Crippen LogP contribution is 2.28. The molecule has 0 spiro atoms. The Bertz CT molecular complexity index is 1330. The van der Waals surface area contributed by atoms with Gasteiger partial charge in [-0.3, -0.25) is 15.1 Å². The highest BCUT2D eigenvalue weighted by molar-refractivity contribution is 5.99. The summed E-state index contributed by atoms with van der Waals surface area (Å²) in [7, 11) is 0. The van der Waals surface area contributed by atoms with Crippen molar-refractivity contribution in [3.63, 3.8) is 0 Å². The van der Waals surface area contributed by atoms with Crippen LogP contribution in [0.25, 0.3) is 5.57 Å². The number of nitrogens with zero attached hydrogens (tertiary/aromatic N) is 3. The van der Waals surface area contributed by atoms with Crippen molar-refractivity contribution >= 4 is 29.0 Å². The summed E-state index contributed by atoms with van der Waals surface area (Å²) >= 11 is 0. The van der Waals surface area contributed by atoms with Gasteiger partial charge in [-0.25, -0.2) is 4.99 Å². The van der Waals surface area contributed by atoms with Crippen molar-refractivity contribution in [1.82, 2.24) is 0 Å². The third-order valence-electron chi connectivity index (χ3n) is 5.33. The lowest BCUT2D eigenvalue weighted by molar-refractivity contribution is -0.384. The van der Waals surface area contributed by atoms with Gasteiger partial charge in [-0.15, -0.1) is 0 Å². The predicted octanol–water partition coefficient (Wildman–Crippen LogP) is 7.21. The minimum Gasteiger partial charge on any atom is -0.285 e. The van der Waals surface area contributed by atoms with E-state index in [9.17, 15) is 10.1 Å². The van der Waals surface area contributed by atoms with Crippen molar-refractivity contribution in [3.05, 3.63) is 142 Å². The van der Waals surface area contributed by atoms with E-state index < -0.39 is 4.92 Å². The first-order chi connectivity index (χ1) is 16.6. The van der Waals surface area contributed by atoms with Crippen LogP contribution < -0.4 is 0 Å². The summed E-state index contributed by atoms with van der Waals surface area (Å²) in [6.07, 6.45) is 1.66. The molecule has 34 heavy (non-hydrogen) atoms. The second kappa shape index (κ2) is 10.8. The van der Waals surface area contributed by atoms with Gasteiger partial charge in [-0.05, 0) is 35.6 Å². The van der Waals surface area contributed by atoms with Gasteiger partial charge in [0.05, 0.1) is 22.2 Å². The van der Waals surface area contributed by atoms with Gasteiger partial charge in [0, 0.05) is 23.9 Å². The van der Waals surface area contributed by atoms with Gasteiger partial charge in [-0.1, -0.05) is 91.0 Å². The van der Waals surface area contributed by atoms with E-state index in [1.54, 1.807) is 18.3 Å². The molecule has 0 aliphatic rings. The molecule has 0 heterocycles.